The molecule has 2 aromatic carbocycles. The van der Waals surface area contributed by atoms with E-state index in [4.69, 9.17) is 10.00 Å². The minimum absolute atomic E-state index is 0.190. The molecule has 0 spiro atoms. The van der Waals surface area contributed by atoms with Crippen LogP contribution in [0.25, 0.3) is 0 Å². The first kappa shape index (κ1) is 18.6. The molecule has 8 nitrogen and oxygen atoms in total. The molecule has 2 rings (SSSR count). The second kappa shape index (κ2) is 8.39. The fourth-order valence-electron chi connectivity index (χ4n) is 2.21. The van der Waals surface area contributed by atoms with Gasteiger partial charge in [0.15, 0.2) is 6.10 Å². The summed E-state index contributed by atoms with van der Waals surface area (Å²) in [6.07, 6.45) is -1.46. The number of hydrogen-bond acceptors (Lipinski definition) is 6. The third-order valence-electron chi connectivity index (χ3n) is 3.51. The van der Waals surface area contributed by atoms with Crippen molar-refractivity contribution in [2.75, 3.05) is 5.32 Å². The van der Waals surface area contributed by atoms with Crippen LogP contribution in [-0.2, 0) is 20.7 Å². The highest BCUT2D eigenvalue weighted by atomic mass is 16.6. The Balaban J connectivity index is 2.00. The lowest BCUT2D eigenvalue weighted by Crippen LogP contribution is -2.30. The number of carbonyl (C=O) groups is 2. The van der Waals surface area contributed by atoms with Crippen LogP contribution in [0.2, 0.25) is 0 Å². The molecular weight excluding hydrogens is 338 g/mol. The highest BCUT2D eigenvalue weighted by molar-refractivity contribution is 5.96. The Bertz CT molecular complexity index is 888. The first-order chi connectivity index (χ1) is 12.4. The number of nitrogens with zero attached hydrogens (tertiary/aromatic N) is 2. The van der Waals surface area contributed by atoms with E-state index in [1.54, 1.807) is 30.3 Å². The van der Waals surface area contributed by atoms with Gasteiger partial charge < -0.3 is 10.1 Å². The number of anilines is 1. The normalized spacial score (nSPS) is 11.1. The van der Waals surface area contributed by atoms with Crippen LogP contribution in [0.4, 0.5) is 11.4 Å². The van der Waals surface area contributed by atoms with Crippen molar-refractivity contribution in [3.63, 3.8) is 0 Å². The smallest absolute Gasteiger partial charge is 0.311 e. The molecule has 26 heavy (non-hydrogen) atoms. The van der Waals surface area contributed by atoms with Crippen molar-refractivity contribution >= 4 is 23.3 Å². The Hall–Kier alpha value is -3.73. The molecule has 0 aliphatic carbocycles. The maximum absolute atomic E-state index is 12.1. The molecule has 0 heterocycles. The molecule has 0 saturated carbocycles. The average Bonchev–Trinajstić information content (AvgIpc) is 2.62. The number of esters is 1. The number of amides is 1. The van der Waals surface area contributed by atoms with Crippen LogP contribution in [-0.4, -0.2) is 22.9 Å². The van der Waals surface area contributed by atoms with Gasteiger partial charge in [0.1, 0.15) is 6.07 Å². The van der Waals surface area contributed by atoms with Crippen molar-refractivity contribution in [2.24, 2.45) is 0 Å². The second-order valence-corrected chi connectivity index (χ2v) is 5.34. The second-order valence-electron chi connectivity index (χ2n) is 5.34. The molecule has 8 heteroatoms. The van der Waals surface area contributed by atoms with Crippen LogP contribution in [0.1, 0.15) is 18.1 Å². The van der Waals surface area contributed by atoms with Gasteiger partial charge in [-0.3, -0.25) is 19.7 Å². The van der Waals surface area contributed by atoms with E-state index in [0.29, 0.717) is 5.69 Å². The SMILES string of the molecule is CC(OC(=O)Cc1ccccc1[N+](=O)[O-])C(=O)Nc1ccccc1C#N. The largest absolute Gasteiger partial charge is 0.452 e. The van der Waals surface area contributed by atoms with Crippen molar-refractivity contribution in [3.8, 4) is 6.07 Å². The molecule has 0 aromatic heterocycles. The molecule has 0 aliphatic heterocycles. The first-order valence-corrected chi connectivity index (χ1v) is 7.64. The molecule has 0 saturated heterocycles. The molecule has 0 bridgehead atoms. The lowest BCUT2D eigenvalue weighted by atomic mass is 10.1. The average molecular weight is 353 g/mol. The van der Waals surface area contributed by atoms with Crippen molar-refractivity contribution in [1.82, 2.24) is 0 Å². The Morgan fingerprint density at radius 3 is 2.58 bits per heavy atom. The maximum Gasteiger partial charge on any atom is 0.311 e. The molecular formula is C18H15N3O5. The maximum atomic E-state index is 12.1. The van der Waals surface area contributed by atoms with Gasteiger partial charge in [-0.2, -0.15) is 5.26 Å². The van der Waals surface area contributed by atoms with E-state index in [2.05, 4.69) is 5.32 Å². The van der Waals surface area contributed by atoms with E-state index in [1.165, 1.54) is 25.1 Å². The number of ether oxygens (including phenoxy) is 1. The van der Waals surface area contributed by atoms with Crippen molar-refractivity contribution in [1.29, 1.82) is 5.26 Å². The van der Waals surface area contributed by atoms with E-state index >= 15 is 0 Å². The van der Waals surface area contributed by atoms with Crippen LogP contribution >= 0.6 is 0 Å². The summed E-state index contributed by atoms with van der Waals surface area (Å²) in [5.41, 5.74) is 0.593. The highest BCUT2D eigenvalue weighted by Gasteiger charge is 2.21. The van der Waals surface area contributed by atoms with E-state index < -0.39 is 22.9 Å². The van der Waals surface area contributed by atoms with E-state index in [9.17, 15) is 19.7 Å². The van der Waals surface area contributed by atoms with Crippen molar-refractivity contribution in [3.05, 3.63) is 69.8 Å². The molecule has 1 N–H and O–H groups in total. The zero-order chi connectivity index (χ0) is 19.1. The summed E-state index contributed by atoms with van der Waals surface area (Å²) in [6, 6.07) is 14.2. The van der Waals surface area contributed by atoms with Gasteiger partial charge in [-0.15, -0.1) is 0 Å². The van der Waals surface area contributed by atoms with Crippen molar-refractivity contribution < 1.29 is 19.2 Å². The van der Waals surface area contributed by atoms with E-state index in [-0.39, 0.29) is 23.2 Å². The highest BCUT2D eigenvalue weighted by Crippen LogP contribution is 2.19. The quantitative estimate of drug-likeness (QED) is 0.484. The number of carbonyl (C=O) groups excluding carboxylic acids is 2. The summed E-state index contributed by atoms with van der Waals surface area (Å²) in [4.78, 5) is 34.5. The molecule has 0 aliphatic rings. The fraction of sp³-hybridized carbons (Fsp3) is 0.167. The number of nitriles is 1. The van der Waals surface area contributed by atoms with Crippen LogP contribution < -0.4 is 5.32 Å². The Morgan fingerprint density at radius 2 is 1.88 bits per heavy atom. The Morgan fingerprint density at radius 1 is 1.23 bits per heavy atom. The summed E-state index contributed by atoms with van der Waals surface area (Å²) in [6.45, 7) is 1.38. The first-order valence-electron chi connectivity index (χ1n) is 7.64. The monoisotopic (exact) mass is 353 g/mol. The minimum Gasteiger partial charge on any atom is -0.452 e. The topological polar surface area (TPSA) is 122 Å². The third-order valence-corrected chi connectivity index (χ3v) is 3.51. The molecule has 0 radical (unpaired) electrons. The van der Waals surface area contributed by atoms with Crippen LogP contribution in [0.15, 0.2) is 48.5 Å². The molecule has 1 amide bonds. The Labute approximate surface area is 149 Å². The molecule has 2 aromatic rings. The van der Waals surface area contributed by atoms with Gasteiger partial charge in [0.2, 0.25) is 0 Å². The summed E-state index contributed by atoms with van der Waals surface area (Å²) in [5, 5.41) is 22.5. The van der Waals surface area contributed by atoms with Gasteiger partial charge in [-0.1, -0.05) is 30.3 Å². The van der Waals surface area contributed by atoms with E-state index in [0.717, 1.165) is 0 Å². The van der Waals surface area contributed by atoms with Gasteiger partial charge >= 0.3 is 5.97 Å². The van der Waals surface area contributed by atoms with Gasteiger partial charge in [0, 0.05) is 11.6 Å². The third kappa shape index (κ3) is 4.64. The van der Waals surface area contributed by atoms with Crippen LogP contribution in [0, 0.1) is 21.4 Å². The number of benzene rings is 2. The number of nitrogens with one attached hydrogen (secondary N) is 1. The van der Waals surface area contributed by atoms with Gasteiger partial charge in [-0.05, 0) is 19.1 Å². The summed E-state index contributed by atoms with van der Waals surface area (Å²) in [5.74, 6) is -1.38. The number of rotatable bonds is 6. The van der Waals surface area contributed by atoms with Gasteiger partial charge in [0.25, 0.3) is 11.6 Å². The van der Waals surface area contributed by atoms with Crippen LogP contribution in [0.5, 0.6) is 0 Å². The summed E-state index contributed by atoms with van der Waals surface area (Å²) < 4.78 is 5.04. The molecule has 132 valence electrons. The lowest BCUT2D eigenvalue weighted by molar-refractivity contribution is -0.385. The molecule has 1 unspecified atom stereocenters. The minimum atomic E-state index is -1.13. The molecule has 0 fully saturated rings. The summed E-state index contributed by atoms with van der Waals surface area (Å²) in [7, 11) is 0. The van der Waals surface area contributed by atoms with Crippen molar-refractivity contribution in [2.45, 2.75) is 19.4 Å². The molecule has 1 atom stereocenters. The number of para-hydroxylation sites is 2. The Kier molecular flexibility index (Phi) is 6.01. The number of nitro groups is 1. The number of hydrogen-bond donors (Lipinski definition) is 1. The zero-order valence-corrected chi connectivity index (χ0v) is 13.8. The standard InChI is InChI=1S/C18H15N3O5/c1-12(18(23)20-15-8-4-2-7-14(15)11-19)26-17(22)10-13-6-3-5-9-16(13)21(24)25/h2-9,12H,10H2,1H3,(H,20,23). The fourth-order valence-corrected chi connectivity index (χ4v) is 2.21. The predicted molar refractivity (Wildman–Crippen MR) is 92.1 cm³/mol. The zero-order valence-electron chi connectivity index (χ0n) is 13.8. The van der Waals surface area contributed by atoms with Crippen LogP contribution in [0.3, 0.4) is 0 Å². The lowest BCUT2D eigenvalue weighted by Gasteiger charge is -2.14. The van der Waals surface area contributed by atoms with E-state index in [1.807, 2.05) is 6.07 Å². The van der Waals surface area contributed by atoms with Gasteiger partial charge in [0.05, 0.1) is 22.6 Å². The summed E-state index contributed by atoms with van der Waals surface area (Å²) >= 11 is 0. The predicted octanol–water partition coefficient (Wildman–Crippen LogP) is 2.58. The number of nitro benzene ring substituents is 1. The van der Waals surface area contributed by atoms with Gasteiger partial charge in [-0.25, -0.2) is 0 Å².